The van der Waals surface area contributed by atoms with Crippen LogP contribution in [0.4, 0.5) is 0 Å². The van der Waals surface area contributed by atoms with E-state index in [2.05, 4.69) is 11.1 Å². The summed E-state index contributed by atoms with van der Waals surface area (Å²) in [6.07, 6.45) is 1.39. The van der Waals surface area contributed by atoms with Gasteiger partial charge in [-0.25, -0.2) is 4.98 Å². The minimum atomic E-state index is -0.215. The van der Waals surface area contributed by atoms with Crippen LogP contribution in [-0.2, 0) is 6.54 Å². The number of nitrogens with zero attached hydrogens (tertiary/aromatic N) is 3. The first-order valence-corrected chi connectivity index (χ1v) is 5.28. The highest BCUT2D eigenvalue weighted by molar-refractivity contribution is 6.29. The Balaban J connectivity index is 2.32. The van der Waals surface area contributed by atoms with Crippen LogP contribution in [-0.4, -0.2) is 9.55 Å². The van der Waals surface area contributed by atoms with Gasteiger partial charge in [0.05, 0.1) is 24.5 Å². The molecule has 4 nitrogen and oxygen atoms in total. The van der Waals surface area contributed by atoms with Crippen molar-refractivity contribution >= 4 is 11.6 Å². The Morgan fingerprint density at radius 1 is 1.41 bits per heavy atom. The molecular formula is C12H8ClN3O. The molecule has 5 heteroatoms. The molecule has 0 aliphatic rings. The van der Waals surface area contributed by atoms with Crippen LogP contribution in [0.1, 0.15) is 11.1 Å². The van der Waals surface area contributed by atoms with Gasteiger partial charge in [0, 0.05) is 6.07 Å². The van der Waals surface area contributed by atoms with Gasteiger partial charge in [0.2, 0.25) is 0 Å². The second-order valence-electron chi connectivity index (χ2n) is 3.49. The molecule has 17 heavy (non-hydrogen) atoms. The molecule has 0 aliphatic heterocycles. The van der Waals surface area contributed by atoms with E-state index >= 15 is 0 Å². The van der Waals surface area contributed by atoms with Crippen LogP contribution in [0.3, 0.4) is 0 Å². The van der Waals surface area contributed by atoms with E-state index in [1.807, 2.05) is 6.07 Å². The molecule has 0 radical (unpaired) electrons. The summed E-state index contributed by atoms with van der Waals surface area (Å²) < 4.78 is 1.43. The van der Waals surface area contributed by atoms with Crippen molar-refractivity contribution in [1.29, 1.82) is 5.26 Å². The SMILES string of the molecule is N#Cc1cccc(Cn2cnc(Cl)cc2=O)c1. The van der Waals surface area contributed by atoms with E-state index in [0.29, 0.717) is 12.1 Å². The molecule has 84 valence electrons. The Morgan fingerprint density at radius 2 is 2.24 bits per heavy atom. The Morgan fingerprint density at radius 3 is 2.94 bits per heavy atom. The summed E-state index contributed by atoms with van der Waals surface area (Å²) in [4.78, 5) is 15.4. The largest absolute Gasteiger partial charge is 0.295 e. The van der Waals surface area contributed by atoms with Crippen molar-refractivity contribution in [2.75, 3.05) is 0 Å². The first-order valence-electron chi connectivity index (χ1n) is 4.90. The number of nitriles is 1. The van der Waals surface area contributed by atoms with Crippen molar-refractivity contribution in [3.63, 3.8) is 0 Å². The van der Waals surface area contributed by atoms with Crippen LogP contribution in [0.15, 0.2) is 41.5 Å². The predicted octanol–water partition coefficient (Wildman–Crippen LogP) is 1.82. The Labute approximate surface area is 103 Å². The average Bonchev–Trinajstić information content (AvgIpc) is 2.33. The third kappa shape index (κ3) is 2.71. The number of hydrogen-bond donors (Lipinski definition) is 0. The molecule has 0 fully saturated rings. The second kappa shape index (κ2) is 4.81. The zero-order valence-electron chi connectivity index (χ0n) is 8.80. The molecule has 1 aromatic heterocycles. The number of hydrogen-bond acceptors (Lipinski definition) is 3. The Bertz CT molecular complexity index is 643. The number of benzene rings is 1. The first-order chi connectivity index (χ1) is 8.19. The minimum absolute atomic E-state index is 0.178. The summed E-state index contributed by atoms with van der Waals surface area (Å²) in [6, 6.07) is 10.4. The van der Waals surface area contributed by atoms with Gasteiger partial charge in [0.15, 0.2) is 0 Å². The maximum atomic E-state index is 11.6. The topological polar surface area (TPSA) is 58.7 Å². The van der Waals surface area contributed by atoms with Crippen molar-refractivity contribution in [3.8, 4) is 6.07 Å². The highest BCUT2D eigenvalue weighted by atomic mass is 35.5. The molecule has 0 aliphatic carbocycles. The lowest BCUT2D eigenvalue weighted by atomic mass is 10.1. The van der Waals surface area contributed by atoms with Crippen LogP contribution < -0.4 is 5.56 Å². The smallest absolute Gasteiger partial charge is 0.255 e. The maximum absolute atomic E-state index is 11.6. The molecule has 1 aromatic carbocycles. The lowest BCUT2D eigenvalue weighted by molar-refractivity contribution is 0.736. The quantitative estimate of drug-likeness (QED) is 0.759. The van der Waals surface area contributed by atoms with Gasteiger partial charge in [-0.1, -0.05) is 23.7 Å². The molecule has 0 saturated carbocycles. The molecule has 0 atom stereocenters. The minimum Gasteiger partial charge on any atom is -0.295 e. The number of rotatable bonds is 2. The summed E-state index contributed by atoms with van der Waals surface area (Å²) in [5, 5.41) is 8.95. The van der Waals surface area contributed by atoms with Gasteiger partial charge >= 0.3 is 0 Å². The monoisotopic (exact) mass is 245 g/mol. The van der Waals surface area contributed by atoms with Gasteiger partial charge in [-0.3, -0.25) is 9.36 Å². The van der Waals surface area contributed by atoms with E-state index in [1.54, 1.807) is 18.2 Å². The zero-order chi connectivity index (χ0) is 12.3. The lowest BCUT2D eigenvalue weighted by Crippen LogP contribution is -2.19. The molecular weight excluding hydrogens is 238 g/mol. The average molecular weight is 246 g/mol. The fourth-order valence-corrected chi connectivity index (χ4v) is 1.60. The van der Waals surface area contributed by atoms with E-state index in [9.17, 15) is 4.79 Å². The molecule has 0 amide bonds. The van der Waals surface area contributed by atoms with Crippen molar-refractivity contribution in [1.82, 2.24) is 9.55 Å². The fraction of sp³-hybridized carbons (Fsp3) is 0.0833. The summed E-state index contributed by atoms with van der Waals surface area (Å²) in [6.45, 7) is 0.374. The first kappa shape index (κ1) is 11.4. The Kier molecular flexibility index (Phi) is 3.22. The molecule has 2 aromatic rings. The molecule has 0 saturated heterocycles. The summed E-state index contributed by atoms with van der Waals surface area (Å²) >= 11 is 5.60. The van der Waals surface area contributed by atoms with Gasteiger partial charge in [-0.2, -0.15) is 5.26 Å². The zero-order valence-corrected chi connectivity index (χ0v) is 9.55. The summed E-state index contributed by atoms with van der Waals surface area (Å²) in [5.74, 6) is 0. The van der Waals surface area contributed by atoms with E-state index in [0.717, 1.165) is 5.56 Å². The van der Waals surface area contributed by atoms with Gasteiger partial charge in [-0.15, -0.1) is 0 Å². The highest BCUT2D eigenvalue weighted by Gasteiger charge is 2.00. The van der Waals surface area contributed by atoms with Crippen molar-refractivity contribution in [2.24, 2.45) is 0 Å². The number of aromatic nitrogens is 2. The standard InChI is InChI=1S/C12H8ClN3O/c13-11-5-12(17)16(8-15-11)7-10-3-1-2-9(4-10)6-14/h1-5,8H,7H2. The van der Waals surface area contributed by atoms with Crippen LogP contribution in [0.25, 0.3) is 0 Å². The lowest BCUT2D eigenvalue weighted by Gasteiger charge is -2.05. The molecule has 0 spiro atoms. The predicted molar refractivity (Wildman–Crippen MR) is 63.8 cm³/mol. The van der Waals surface area contributed by atoms with E-state index < -0.39 is 0 Å². The second-order valence-corrected chi connectivity index (χ2v) is 3.88. The fourth-order valence-electron chi connectivity index (χ4n) is 1.46. The van der Waals surface area contributed by atoms with Gasteiger partial charge in [0.25, 0.3) is 5.56 Å². The van der Waals surface area contributed by atoms with Gasteiger partial charge < -0.3 is 0 Å². The van der Waals surface area contributed by atoms with Crippen LogP contribution >= 0.6 is 11.6 Å². The van der Waals surface area contributed by atoms with Crippen molar-refractivity contribution in [2.45, 2.75) is 6.54 Å². The van der Waals surface area contributed by atoms with Crippen LogP contribution in [0.2, 0.25) is 5.15 Å². The normalized spacial score (nSPS) is 9.88. The van der Waals surface area contributed by atoms with Gasteiger partial charge in [-0.05, 0) is 17.7 Å². The molecule has 0 bridgehead atoms. The van der Waals surface area contributed by atoms with Crippen LogP contribution in [0, 0.1) is 11.3 Å². The molecule has 2 rings (SSSR count). The maximum Gasteiger partial charge on any atom is 0.255 e. The molecule has 0 N–H and O–H groups in total. The van der Waals surface area contributed by atoms with E-state index in [-0.39, 0.29) is 10.7 Å². The molecule has 0 unspecified atom stereocenters. The third-order valence-electron chi connectivity index (χ3n) is 2.26. The highest BCUT2D eigenvalue weighted by Crippen LogP contribution is 2.05. The third-order valence-corrected chi connectivity index (χ3v) is 2.46. The van der Waals surface area contributed by atoms with Crippen LogP contribution in [0.5, 0.6) is 0 Å². The van der Waals surface area contributed by atoms with Crippen molar-refractivity contribution < 1.29 is 0 Å². The summed E-state index contributed by atoms with van der Waals surface area (Å²) in [5.41, 5.74) is 1.22. The van der Waals surface area contributed by atoms with E-state index in [1.165, 1.54) is 17.0 Å². The summed E-state index contributed by atoms with van der Waals surface area (Å²) in [7, 11) is 0. The van der Waals surface area contributed by atoms with E-state index in [4.69, 9.17) is 16.9 Å². The van der Waals surface area contributed by atoms with Gasteiger partial charge in [0.1, 0.15) is 5.15 Å². The molecule has 1 heterocycles. The number of halogens is 1. The Hall–Kier alpha value is -2.12. The van der Waals surface area contributed by atoms with Crippen molar-refractivity contribution in [3.05, 3.63) is 63.3 Å².